The predicted octanol–water partition coefficient (Wildman–Crippen LogP) is 1.96. The highest BCUT2D eigenvalue weighted by atomic mass is 19.3. The predicted molar refractivity (Wildman–Crippen MR) is 42.4 cm³/mol. The van der Waals surface area contributed by atoms with Crippen molar-refractivity contribution < 1.29 is 23.0 Å². The first-order chi connectivity index (χ1) is 5.85. The minimum absolute atomic E-state index is 0.278. The van der Waals surface area contributed by atoms with Gasteiger partial charge in [0.2, 0.25) is 0 Å². The molecule has 78 valence electrons. The van der Waals surface area contributed by atoms with Gasteiger partial charge in [-0.3, -0.25) is 4.79 Å². The number of ether oxygens (including phenoxy) is 2. The highest BCUT2D eigenvalue weighted by Gasteiger charge is 2.24. The SMILES string of the molecule is CCC(COC(C)(F)F)OC(C)=O. The van der Waals surface area contributed by atoms with E-state index in [0.717, 1.165) is 0 Å². The summed E-state index contributed by atoms with van der Waals surface area (Å²) in [4.78, 5) is 10.5. The summed E-state index contributed by atoms with van der Waals surface area (Å²) in [7, 11) is 0. The van der Waals surface area contributed by atoms with Gasteiger partial charge in [0.05, 0.1) is 6.61 Å². The third kappa shape index (κ3) is 7.64. The second-order valence-electron chi connectivity index (χ2n) is 2.76. The topological polar surface area (TPSA) is 35.5 Å². The van der Waals surface area contributed by atoms with Crippen molar-refractivity contribution >= 4 is 5.97 Å². The van der Waals surface area contributed by atoms with Crippen LogP contribution in [0.25, 0.3) is 0 Å². The molecule has 0 aromatic rings. The summed E-state index contributed by atoms with van der Waals surface area (Å²) in [6, 6.07) is 0. The number of hydrogen-bond acceptors (Lipinski definition) is 3. The molecule has 0 saturated carbocycles. The van der Waals surface area contributed by atoms with Crippen LogP contribution in [0.3, 0.4) is 0 Å². The summed E-state index contributed by atoms with van der Waals surface area (Å²) >= 11 is 0. The molecule has 0 saturated heterocycles. The Morgan fingerprint density at radius 2 is 2.08 bits per heavy atom. The number of esters is 1. The van der Waals surface area contributed by atoms with E-state index in [2.05, 4.69) is 4.74 Å². The van der Waals surface area contributed by atoms with Gasteiger partial charge >= 0.3 is 12.1 Å². The largest absolute Gasteiger partial charge is 0.460 e. The minimum atomic E-state index is -3.17. The molecule has 0 aromatic carbocycles. The summed E-state index contributed by atoms with van der Waals surface area (Å²) in [6.45, 7) is 3.32. The Morgan fingerprint density at radius 1 is 1.54 bits per heavy atom. The highest BCUT2D eigenvalue weighted by Crippen LogP contribution is 2.14. The van der Waals surface area contributed by atoms with Crippen LogP contribution in [0.15, 0.2) is 0 Å². The Bertz CT molecular complexity index is 165. The Kier molecular flexibility index (Phi) is 4.83. The van der Waals surface area contributed by atoms with E-state index in [1.54, 1.807) is 6.92 Å². The second-order valence-corrected chi connectivity index (χ2v) is 2.76. The molecule has 0 aliphatic carbocycles. The van der Waals surface area contributed by atoms with Crippen LogP contribution in [-0.2, 0) is 14.3 Å². The zero-order chi connectivity index (χ0) is 10.5. The first-order valence-electron chi connectivity index (χ1n) is 4.04. The molecule has 3 nitrogen and oxygen atoms in total. The van der Waals surface area contributed by atoms with Crippen LogP contribution in [-0.4, -0.2) is 24.8 Å². The summed E-state index contributed by atoms with van der Waals surface area (Å²) < 4.78 is 33.3. The van der Waals surface area contributed by atoms with Gasteiger partial charge in [-0.1, -0.05) is 6.92 Å². The molecule has 1 atom stereocenters. The van der Waals surface area contributed by atoms with Crippen molar-refractivity contribution in [3.8, 4) is 0 Å². The molecule has 1 unspecified atom stereocenters. The molecule has 0 bridgehead atoms. The van der Waals surface area contributed by atoms with Crippen molar-refractivity contribution in [2.75, 3.05) is 6.61 Å². The van der Waals surface area contributed by atoms with E-state index in [1.807, 2.05) is 0 Å². The molecule has 0 N–H and O–H groups in total. The maximum atomic E-state index is 12.2. The lowest BCUT2D eigenvalue weighted by atomic mass is 10.3. The highest BCUT2D eigenvalue weighted by molar-refractivity contribution is 5.66. The average molecular weight is 196 g/mol. The number of alkyl halides is 2. The van der Waals surface area contributed by atoms with Crippen LogP contribution >= 0.6 is 0 Å². The molecule has 0 aliphatic heterocycles. The van der Waals surface area contributed by atoms with Crippen LogP contribution in [0.1, 0.15) is 27.2 Å². The number of rotatable bonds is 5. The van der Waals surface area contributed by atoms with Gasteiger partial charge in [-0.05, 0) is 6.42 Å². The molecule has 0 amide bonds. The maximum Gasteiger partial charge on any atom is 0.353 e. The fourth-order valence-corrected chi connectivity index (χ4v) is 0.709. The van der Waals surface area contributed by atoms with E-state index < -0.39 is 18.2 Å². The van der Waals surface area contributed by atoms with E-state index >= 15 is 0 Å². The van der Waals surface area contributed by atoms with Crippen LogP contribution in [0, 0.1) is 0 Å². The zero-order valence-electron chi connectivity index (χ0n) is 7.97. The fourth-order valence-electron chi connectivity index (χ4n) is 0.709. The fraction of sp³-hybridized carbons (Fsp3) is 0.875. The number of hydrogen-bond donors (Lipinski definition) is 0. The minimum Gasteiger partial charge on any atom is -0.460 e. The van der Waals surface area contributed by atoms with Crippen molar-refractivity contribution in [2.24, 2.45) is 0 Å². The molecule has 5 heteroatoms. The van der Waals surface area contributed by atoms with E-state index in [1.165, 1.54) is 6.92 Å². The molecule has 13 heavy (non-hydrogen) atoms. The molecular formula is C8H14F2O3. The third-order valence-electron chi connectivity index (χ3n) is 1.31. The Hall–Kier alpha value is -0.710. The van der Waals surface area contributed by atoms with Gasteiger partial charge < -0.3 is 9.47 Å². The lowest BCUT2D eigenvalue weighted by Crippen LogP contribution is -2.27. The van der Waals surface area contributed by atoms with Crippen molar-refractivity contribution in [3.63, 3.8) is 0 Å². The normalized spacial score (nSPS) is 13.9. The second kappa shape index (κ2) is 5.11. The average Bonchev–Trinajstić information content (AvgIpc) is 1.95. The summed E-state index contributed by atoms with van der Waals surface area (Å²) in [5.74, 6) is -0.491. The van der Waals surface area contributed by atoms with Gasteiger partial charge in [-0.25, -0.2) is 0 Å². The molecule has 0 radical (unpaired) electrons. The van der Waals surface area contributed by atoms with Crippen molar-refractivity contribution in [1.29, 1.82) is 0 Å². The number of carbonyl (C=O) groups is 1. The van der Waals surface area contributed by atoms with Crippen LogP contribution < -0.4 is 0 Å². The van der Waals surface area contributed by atoms with Gasteiger partial charge in [0, 0.05) is 13.8 Å². The van der Waals surface area contributed by atoms with Crippen LogP contribution in [0.2, 0.25) is 0 Å². The molecule has 0 spiro atoms. The smallest absolute Gasteiger partial charge is 0.353 e. The lowest BCUT2D eigenvalue weighted by molar-refractivity contribution is -0.237. The maximum absolute atomic E-state index is 12.2. The number of carbonyl (C=O) groups excluding carboxylic acids is 1. The van der Waals surface area contributed by atoms with Gasteiger partial charge in [0.1, 0.15) is 6.10 Å². The molecular weight excluding hydrogens is 182 g/mol. The van der Waals surface area contributed by atoms with E-state index in [9.17, 15) is 13.6 Å². The van der Waals surface area contributed by atoms with Crippen LogP contribution in [0.4, 0.5) is 8.78 Å². The standard InChI is InChI=1S/C8H14F2O3/c1-4-7(13-6(2)11)5-12-8(3,9)10/h7H,4-5H2,1-3H3. The molecule has 0 aromatic heterocycles. The Labute approximate surface area is 76.0 Å². The summed E-state index contributed by atoms with van der Waals surface area (Å²) in [5, 5.41) is 0. The Balaban J connectivity index is 3.79. The summed E-state index contributed by atoms with van der Waals surface area (Å²) in [5.41, 5.74) is 0. The summed E-state index contributed by atoms with van der Waals surface area (Å²) in [6.07, 6.45) is -3.31. The van der Waals surface area contributed by atoms with Gasteiger partial charge in [0.15, 0.2) is 0 Å². The van der Waals surface area contributed by atoms with Crippen molar-refractivity contribution in [1.82, 2.24) is 0 Å². The first kappa shape index (κ1) is 12.3. The van der Waals surface area contributed by atoms with E-state index in [0.29, 0.717) is 13.3 Å². The molecule has 0 rings (SSSR count). The zero-order valence-corrected chi connectivity index (χ0v) is 7.97. The van der Waals surface area contributed by atoms with E-state index in [4.69, 9.17) is 4.74 Å². The first-order valence-corrected chi connectivity index (χ1v) is 4.04. The van der Waals surface area contributed by atoms with Crippen LogP contribution in [0.5, 0.6) is 0 Å². The lowest BCUT2D eigenvalue weighted by Gasteiger charge is -2.18. The molecule has 0 aliphatic rings. The molecule has 0 heterocycles. The number of halogens is 2. The van der Waals surface area contributed by atoms with Crippen molar-refractivity contribution in [3.05, 3.63) is 0 Å². The Morgan fingerprint density at radius 3 is 2.38 bits per heavy atom. The van der Waals surface area contributed by atoms with Gasteiger partial charge in [-0.15, -0.1) is 0 Å². The monoisotopic (exact) mass is 196 g/mol. The van der Waals surface area contributed by atoms with Gasteiger partial charge in [0.25, 0.3) is 0 Å². The van der Waals surface area contributed by atoms with Gasteiger partial charge in [-0.2, -0.15) is 8.78 Å². The molecule has 0 fully saturated rings. The quantitative estimate of drug-likeness (QED) is 0.630. The third-order valence-corrected chi connectivity index (χ3v) is 1.31. The van der Waals surface area contributed by atoms with E-state index in [-0.39, 0.29) is 6.61 Å². The van der Waals surface area contributed by atoms with Crippen molar-refractivity contribution in [2.45, 2.75) is 39.4 Å².